The molecule has 0 saturated carbocycles. The number of hydrogen-bond donors (Lipinski definition) is 2. The van der Waals surface area contributed by atoms with Crippen molar-refractivity contribution in [1.29, 1.82) is 0 Å². The quantitative estimate of drug-likeness (QED) is 0.493. The number of amides is 3. The van der Waals surface area contributed by atoms with Crippen LogP contribution >= 0.6 is 0 Å². The van der Waals surface area contributed by atoms with Crippen LogP contribution in [0.3, 0.4) is 0 Å². The number of nitrogens with zero attached hydrogens (tertiary/aromatic N) is 3. The Bertz CT molecular complexity index is 1230. The van der Waals surface area contributed by atoms with Crippen molar-refractivity contribution in [3.63, 3.8) is 0 Å². The Kier molecular flexibility index (Phi) is 5.33. The first kappa shape index (κ1) is 19.9. The number of carbonyl (C=O) groups excluding carboxylic acids is 2. The highest BCUT2D eigenvalue weighted by Crippen LogP contribution is 2.27. The minimum absolute atomic E-state index is 0.256. The molecule has 0 fully saturated rings. The molecule has 1 atom stereocenters. The Morgan fingerprint density at radius 2 is 1.81 bits per heavy atom. The molecule has 0 saturated heterocycles. The second-order valence-corrected chi connectivity index (χ2v) is 7.69. The molecule has 3 heterocycles. The van der Waals surface area contributed by atoms with Gasteiger partial charge in [-0.1, -0.05) is 42.5 Å². The second kappa shape index (κ2) is 8.58. The topological polar surface area (TPSA) is 92.4 Å². The Balaban J connectivity index is 1.34. The van der Waals surface area contributed by atoms with Crippen LogP contribution in [0.2, 0.25) is 0 Å². The van der Waals surface area contributed by atoms with E-state index in [1.165, 1.54) is 0 Å². The number of anilines is 1. The predicted octanol–water partition coefficient (Wildman–Crippen LogP) is 3.09. The average molecular weight is 429 g/mol. The van der Waals surface area contributed by atoms with E-state index in [2.05, 4.69) is 15.6 Å². The van der Waals surface area contributed by atoms with Crippen LogP contribution in [0.5, 0.6) is 0 Å². The molecule has 3 amide bonds. The number of benzene rings is 2. The van der Waals surface area contributed by atoms with E-state index < -0.39 is 6.04 Å². The highest BCUT2D eigenvalue weighted by molar-refractivity contribution is 5.96. The predicted molar refractivity (Wildman–Crippen MR) is 120 cm³/mol. The zero-order valence-corrected chi connectivity index (χ0v) is 17.4. The van der Waals surface area contributed by atoms with Gasteiger partial charge in [-0.2, -0.15) is 0 Å². The molecular formula is C24H23N5O3. The molecule has 1 aliphatic rings. The van der Waals surface area contributed by atoms with Gasteiger partial charge in [0.1, 0.15) is 11.8 Å². The molecule has 0 spiro atoms. The summed E-state index contributed by atoms with van der Waals surface area (Å²) < 4.78 is 7.32. The third-order valence-electron chi connectivity index (χ3n) is 5.58. The minimum atomic E-state index is -0.738. The van der Waals surface area contributed by atoms with E-state index in [0.29, 0.717) is 31.2 Å². The van der Waals surface area contributed by atoms with E-state index in [9.17, 15) is 9.59 Å². The van der Waals surface area contributed by atoms with Crippen LogP contribution in [0.4, 0.5) is 10.7 Å². The molecule has 0 unspecified atom stereocenters. The van der Waals surface area contributed by atoms with Crippen molar-refractivity contribution in [1.82, 2.24) is 20.2 Å². The summed E-state index contributed by atoms with van der Waals surface area (Å²) in [4.78, 5) is 32.4. The number of fused-ring (bicyclic) bond motifs is 3. The average Bonchev–Trinajstić information content (AvgIpc) is 3.54. The van der Waals surface area contributed by atoms with Crippen molar-refractivity contribution < 1.29 is 14.0 Å². The van der Waals surface area contributed by atoms with Crippen LogP contribution in [0, 0.1) is 0 Å². The second-order valence-electron chi connectivity index (χ2n) is 7.69. The zero-order chi connectivity index (χ0) is 21.9. The highest BCUT2D eigenvalue weighted by atomic mass is 16.3. The van der Waals surface area contributed by atoms with Crippen molar-refractivity contribution in [3.05, 3.63) is 84.3 Å². The van der Waals surface area contributed by atoms with Gasteiger partial charge in [-0.05, 0) is 29.8 Å². The number of carbonyl (C=O) groups is 2. The Labute approximate surface area is 184 Å². The lowest BCUT2D eigenvalue weighted by Gasteiger charge is -2.22. The van der Waals surface area contributed by atoms with Crippen molar-refractivity contribution in [2.75, 3.05) is 11.4 Å². The number of rotatable bonds is 6. The van der Waals surface area contributed by atoms with Gasteiger partial charge in [-0.25, -0.2) is 9.78 Å². The van der Waals surface area contributed by atoms with Gasteiger partial charge in [0.2, 0.25) is 11.9 Å². The van der Waals surface area contributed by atoms with Crippen LogP contribution in [0.15, 0.2) is 77.4 Å². The van der Waals surface area contributed by atoms with Gasteiger partial charge in [0.15, 0.2) is 0 Å². The SMILES string of the molecule is O=C(NCc1ccco1)[C@H](Cc1ccccc1)NC(=O)N1CCn2c1nc1ccccc12. The summed E-state index contributed by atoms with van der Waals surface area (Å²) >= 11 is 0. The van der Waals surface area contributed by atoms with E-state index in [1.54, 1.807) is 23.3 Å². The Hall–Kier alpha value is -4.07. The molecule has 0 radical (unpaired) electrons. The lowest BCUT2D eigenvalue weighted by Crippen LogP contribution is -2.52. The van der Waals surface area contributed by atoms with Crippen LogP contribution < -0.4 is 15.5 Å². The van der Waals surface area contributed by atoms with E-state index in [4.69, 9.17) is 4.42 Å². The monoisotopic (exact) mass is 429 g/mol. The number of furan rings is 1. The van der Waals surface area contributed by atoms with Gasteiger partial charge in [-0.3, -0.25) is 9.69 Å². The molecule has 5 rings (SSSR count). The minimum Gasteiger partial charge on any atom is -0.467 e. The Morgan fingerprint density at radius 1 is 1.00 bits per heavy atom. The van der Waals surface area contributed by atoms with Crippen LogP contribution in [0.1, 0.15) is 11.3 Å². The molecule has 2 aromatic heterocycles. The lowest BCUT2D eigenvalue weighted by molar-refractivity contribution is -0.123. The van der Waals surface area contributed by atoms with Crippen molar-refractivity contribution >= 4 is 28.9 Å². The van der Waals surface area contributed by atoms with Gasteiger partial charge in [0.05, 0.1) is 23.8 Å². The number of aromatic nitrogens is 2. The summed E-state index contributed by atoms with van der Waals surface area (Å²) in [5, 5.41) is 5.77. The number of urea groups is 1. The normalized spacial score (nSPS) is 13.7. The summed E-state index contributed by atoms with van der Waals surface area (Å²) in [6, 6.07) is 19.9. The largest absolute Gasteiger partial charge is 0.467 e. The molecular weight excluding hydrogens is 406 g/mol. The van der Waals surface area contributed by atoms with Gasteiger partial charge in [0, 0.05) is 19.5 Å². The molecule has 0 bridgehead atoms. The zero-order valence-electron chi connectivity index (χ0n) is 17.4. The molecule has 162 valence electrons. The summed E-state index contributed by atoms with van der Waals surface area (Å²) in [5.74, 6) is 0.973. The van der Waals surface area contributed by atoms with Gasteiger partial charge in [-0.15, -0.1) is 0 Å². The van der Waals surface area contributed by atoms with Gasteiger partial charge >= 0.3 is 6.03 Å². The Morgan fingerprint density at radius 3 is 2.62 bits per heavy atom. The van der Waals surface area contributed by atoms with Gasteiger partial charge in [0.25, 0.3) is 0 Å². The van der Waals surface area contributed by atoms with E-state index in [-0.39, 0.29) is 18.5 Å². The number of imidazole rings is 1. The third-order valence-corrected chi connectivity index (χ3v) is 5.58. The first-order chi connectivity index (χ1) is 15.7. The van der Waals surface area contributed by atoms with Crippen LogP contribution in [0.25, 0.3) is 11.0 Å². The molecule has 8 heteroatoms. The van der Waals surface area contributed by atoms with Gasteiger partial charge < -0.3 is 19.6 Å². The van der Waals surface area contributed by atoms with E-state index in [1.807, 2.05) is 59.2 Å². The molecule has 4 aromatic rings. The summed E-state index contributed by atoms with van der Waals surface area (Å²) in [6.07, 6.45) is 1.94. The van der Waals surface area contributed by atoms with Crippen molar-refractivity contribution in [2.24, 2.45) is 0 Å². The molecule has 0 aliphatic carbocycles. The molecule has 2 aromatic carbocycles. The first-order valence-corrected chi connectivity index (χ1v) is 10.6. The molecule has 2 N–H and O–H groups in total. The third kappa shape index (κ3) is 3.94. The van der Waals surface area contributed by atoms with Crippen molar-refractivity contribution in [2.45, 2.75) is 25.6 Å². The van der Waals surface area contributed by atoms with Crippen LogP contribution in [-0.4, -0.2) is 34.1 Å². The fourth-order valence-corrected chi connectivity index (χ4v) is 3.98. The van der Waals surface area contributed by atoms with E-state index in [0.717, 1.165) is 16.6 Å². The summed E-state index contributed by atoms with van der Waals surface area (Å²) in [5.41, 5.74) is 2.80. The first-order valence-electron chi connectivity index (χ1n) is 10.6. The molecule has 1 aliphatic heterocycles. The number of nitrogens with one attached hydrogen (secondary N) is 2. The lowest BCUT2D eigenvalue weighted by atomic mass is 10.1. The molecule has 32 heavy (non-hydrogen) atoms. The van der Waals surface area contributed by atoms with E-state index >= 15 is 0 Å². The van der Waals surface area contributed by atoms with Crippen molar-refractivity contribution in [3.8, 4) is 0 Å². The maximum absolute atomic E-state index is 13.2. The fourth-order valence-electron chi connectivity index (χ4n) is 3.98. The standard InChI is InChI=1S/C24H23N5O3/c30-22(25-16-18-9-6-14-32-18)20(15-17-7-2-1-3-8-17)27-24(31)29-13-12-28-21-11-5-4-10-19(21)26-23(28)29/h1-11,14,20H,12-13,15-16H2,(H,25,30)(H,27,31)/t20-/m0/s1. The number of hydrogen-bond acceptors (Lipinski definition) is 4. The highest BCUT2D eigenvalue weighted by Gasteiger charge is 2.31. The number of para-hydroxylation sites is 2. The maximum Gasteiger partial charge on any atom is 0.324 e. The van der Waals surface area contributed by atoms with Crippen LogP contribution in [-0.2, 0) is 24.3 Å². The summed E-state index contributed by atoms with van der Waals surface area (Å²) in [6.45, 7) is 1.43. The maximum atomic E-state index is 13.2. The molecule has 8 nitrogen and oxygen atoms in total. The smallest absolute Gasteiger partial charge is 0.324 e. The summed E-state index contributed by atoms with van der Waals surface area (Å²) in [7, 11) is 0. The fraction of sp³-hybridized carbons (Fsp3) is 0.208.